The molecule has 0 spiro atoms. The molecule has 0 aliphatic carbocycles. The molecule has 1 rings (SSSR count). The number of carboxylic acid groups (broad SMARTS) is 1. The van der Waals surface area contributed by atoms with Gasteiger partial charge in [0.05, 0.1) is 6.61 Å². The summed E-state index contributed by atoms with van der Waals surface area (Å²) in [5, 5.41) is 18.0. The van der Waals surface area contributed by atoms with Crippen molar-refractivity contribution >= 4 is 12.0 Å². The minimum Gasteiger partial charge on any atom is -0.480 e. The van der Waals surface area contributed by atoms with Crippen molar-refractivity contribution in [1.82, 2.24) is 14.7 Å². The number of aliphatic hydroxyl groups is 1. The highest BCUT2D eigenvalue weighted by atomic mass is 16.4. The van der Waals surface area contributed by atoms with E-state index in [1.165, 1.54) is 4.90 Å². The van der Waals surface area contributed by atoms with E-state index in [0.29, 0.717) is 26.2 Å². The summed E-state index contributed by atoms with van der Waals surface area (Å²) in [5.41, 5.74) is 0. The van der Waals surface area contributed by atoms with Crippen LogP contribution in [-0.2, 0) is 4.79 Å². The monoisotopic (exact) mass is 301 g/mol. The third kappa shape index (κ3) is 5.51. The van der Waals surface area contributed by atoms with Crippen LogP contribution in [0.4, 0.5) is 4.79 Å². The average Bonchev–Trinajstić information content (AvgIpc) is 2.69. The number of carbonyl (C=O) groups is 2. The van der Waals surface area contributed by atoms with Crippen molar-refractivity contribution in [1.29, 1.82) is 0 Å². The number of carboxylic acids is 1. The van der Waals surface area contributed by atoms with Gasteiger partial charge in [-0.2, -0.15) is 0 Å². The Balaban J connectivity index is 2.67. The lowest BCUT2D eigenvalue weighted by Gasteiger charge is -2.32. The first-order chi connectivity index (χ1) is 9.99. The van der Waals surface area contributed by atoms with Crippen molar-refractivity contribution < 1.29 is 19.8 Å². The number of nitrogens with zero attached hydrogens (tertiary/aromatic N) is 3. The number of carbonyl (C=O) groups excluding carboxylic acids is 1. The van der Waals surface area contributed by atoms with E-state index in [2.05, 4.69) is 4.90 Å². The summed E-state index contributed by atoms with van der Waals surface area (Å²) < 4.78 is 0. The van der Waals surface area contributed by atoms with E-state index in [4.69, 9.17) is 10.2 Å². The molecule has 1 aliphatic rings. The van der Waals surface area contributed by atoms with E-state index in [0.717, 1.165) is 19.4 Å². The predicted octanol–water partition coefficient (Wildman–Crippen LogP) is 0.292. The van der Waals surface area contributed by atoms with Crippen LogP contribution in [0.1, 0.15) is 26.7 Å². The summed E-state index contributed by atoms with van der Waals surface area (Å²) in [6.45, 7) is 7.07. The van der Waals surface area contributed by atoms with Crippen LogP contribution < -0.4 is 0 Å². The molecule has 1 atom stereocenters. The van der Waals surface area contributed by atoms with Crippen LogP contribution in [0.2, 0.25) is 0 Å². The second-order valence-electron chi connectivity index (χ2n) is 5.47. The van der Waals surface area contributed by atoms with E-state index in [1.54, 1.807) is 4.90 Å². The molecule has 2 amide bonds. The number of β-amino-alcohol motifs (C(OH)–C–C–N with tert-alkyl or cyclic N) is 1. The fourth-order valence-corrected chi connectivity index (χ4v) is 2.49. The van der Waals surface area contributed by atoms with Crippen molar-refractivity contribution in [3.8, 4) is 0 Å². The van der Waals surface area contributed by atoms with Crippen molar-refractivity contribution in [3.05, 3.63) is 0 Å². The molecule has 1 saturated heterocycles. The minimum absolute atomic E-state index is 0.0922. The third-order valence-corrected chi connectivity index (χ3v) is 3.95. The first-order valence-electron chi connectivity index (χ1n) is 7.60. The van der Waals surface area contributed by atoms with Gasteiger partial charge in [0.15, 0.2) is 0 Å². The number of aliphatic hydroxyl groups excluding tert-OH is 1. The van der Waals surface area contributed by atoms with E-state index < -0.39 is 5.97 Å². The summed E-state index contributed by atoms with van der Waals surface area (Å²) >= 11 is 0. The normalized spacial score (nSPS) is 18.1. The molecule has 7 nitrogen and oxygen atoms in total. The standard InChI is InChI=1S/C14H27N3O4/c1-3-12(2)17(11-13(19)20)14(21)16-6-4-5-15(7-8-16)9-10-18/h12,18H,3-11H2,1-2H3,(H,19,20). The number of hydrogen-bond donors (Lipinski definition) is 2. The predicted molar refractivity (Wildman–Crippen MR) is 79.2 cm³/mol. The SMILES string of the molecule is CCC(C)N(CC(=O)O)C(=O)N1CCCN(CCO)CC1. The van der Waals surface area contributed by atoms with Gasteiger partial charge in [0, 0.05) is 32.2 Å². The van der Waals surface area contributed by atoms with E-state index in [9.17, 15) is 9.59 Å². The van der Waals surface area contributed by atoms with Crippen molar-refractivity contribution in [2.24, 2.45) is 0 Å². The molecule has 0 bridgehead atoms. The van der Waals surface area contributed by atoms with Crippen LogP contribution in [0.5, 0.6) is 0 Å². The highest BCUT2D eigenvalue weighted by Crippen LogP contribution is 2.11. The van der Waals surface area contributed by atoms with Gasteiger partial charge >= 0.3 is 12.0 Å². The molecule has 0 aromatic rings. The van der Waals surface area contributed by atoms with Crippen LogP contribution in [0, 0.1) is 0 Å². The molecule has 2 N–H and O–H groups in total. The fraction of sp³-hybridized carbons (Fsp3) is 0.857. The van der Waals surface area contributed by atoms with E-state index in [1.807, 2.05) is 13.8 Å². The van der Waals surface area contributed by atoms with Crippen LogP contribution in [0.3, 0.4) is 0 Å². The Morgan fingerprint density at radius 3 is 2.52 bits per heavy atom. The zero-order valence-corrected chi connectivity index (χ0v) is 13.0. The molecule has 0 aromatic carbocycles. The number of amides is 2. The Labute approximate surface area is 126 Å². The lowest BCUT2D eigenvalue weighted by atomic mass is 10.2. The molecule has 21 heavy (non-hydrogen) atoms. The van der Waals surface area contributed by atoms with Crippen molar-refractivity contribution in [2.75, 3.05) is 45.9 Å². The summed E-state index contributed by atoms with van der Waals surface area (Å²) in [6.07, 6.45) is 1.57. The van der Waals surface area contributed by atoms with Gasteiger partial charge in [-0.05, 0) is 26.3 Å². The number of urea groups is 1. The summed E-state index contributed by atoms with van der Waals surface area (Å²) in [4.78, 5) is 28.8. The lowest BCUT2D eigenvalue weighted by molar-refractivity contribution is -0.138. The van der Waals surface area contributed by atoms with Gasteiger partial charge in [-0.1, -0.05) is 6.92 Å². The van der Waals surface area contributed by atoms with Crippen LogP contribution in [0.25, 0.3) is 0 Å². The molecule has 1 unspecified atom stereocenters. The summed E-state index contributed by atoms with van der Waals surface area (Å²) in [5.74, 6) is -0.986. The van der Waals surface area contributed by atoms with Gasteiger partial charge in [0.1, 0.15) is 6.54 Å². The zero-order valence-electron chi connectivity index (χ0n) is 13.0. The maximum atomic E-state index is 12.6. The van der Waals surface area contributed by atoms with Gasteiger partial charge < -0.3 is 20.0 Å². The molecule has 0 radical (unpaired) electrons. The second-order valence-corrected chi connectivity index (χ2v) is 5.47. The van der Waals surface area contributed by atoms with Crippen LogP contribution in [-0.4, -0.2) is 88.8 Å². The molecule has 1 heterocycles. The zero-order chi connectivity index (χ0) is 15.8. The first kappa shape index (κ1) is 17.7. The maximum Gasteiger partial charge on any atom is 0.323 e. The van der Waals surface area contributed by atoms with Crippen LogP contribution >= 0.6 is 0 Å². The molecule has 122 valence electrons. The molecule has 1 aliphatic heterocycles. The topological polar surface area (TPSA) is 84.3 Å². The van der Waals surface area contributed by atoms with E-state index >= 15 is 0 Å². The average molecular weight is 301 g/mol. The number of hydrogen-bond acceptors (Lipinski definition) is 4. The largest absolute Gasteiger partial charge is 0.480 e. The molecule has 7 heteroatoms. The number of aliphatic carboxylic acids is 1. The molecular formula is C14H27N3O4. The number of rotatable bonds is 6. The quantitative estimate of drug-likeness (QED) is 0.737. The fourth-order valence-electron chi connectivity index (χ4n) is 2.49. The van der Waals surface area contributed by atoms with Crippen LogP contribution in [0.15, 0.2) is 0 Å². The smallest absolute Gasteiger partial charge is 0.323 e. The van der Waals surface area contributed by atoms with Crippen molar-refractivity contribution in [2.45, 2.75) is 32.7 Å². The molecule has 0 saturated carbocycles. The van der Waals surface area contributed by atoms with Gasteiger partial charge in [-0.3, -0.25) is 9.69 Å². The molecular weight excluding hydrogens is 274 g/mol. The first-order valence-corrected chi connectivity index (χ1v) is 7.60. The van der Waals surface area contributed by atoms with Crippen molar-refractivity contribution in [3.63, 3.8) is 0 Å². The van der Waals surface area contributed by atoms with Gasteiger partial charge in [0.25, 0.3) is 0 Å². The summed E-state index contributed by atoms with van der Waals surface area (Å²) in [6, 6.07) is -0.289. The highest BCUT2D eigenvalue weighted by molar-refractivity contribution is 5.80. The third-order valence-electron chi connectivity index (χ3n) is 3.95. The Morgan fingerprint density at radius 2 is 1.95 bits per heavy atom. The molecule has 1 fully saturated rings. The Bertz CT molecular complexity index is 351. The van der Waals surface area contributed by atoms with Gasteiger partial charge in [-0.15, -0.1) is 0 Å². The highest BCUT2D eigenvalue weighted by Gasteiger charge is 2.27. The van der Waals surface area contributed by atoms with E-state index in [-0.39, 0.29) is 25.2 Å². The Hall–Kier alpha value is -1.34. The second kappa shape index (κ2) is 8.84. The van der Waals surface area contributed by atoms with Gasteiger partial charge in [-0.25, -0.2) is 4.79 Å². The summed E-state index contributed by atoms with van der Waals surface area (Å²) in [7, 11) is 0. The lowest BCUT2D eigenvalue weighted by Crippen LogP contribution is -2.50. The van der Waals surface area contributed by atoms with Gasteiger partial charge in [0.2, 0.25) is 0 Å². The maximum absolute atomic E-state index is 12.6. The Kier molecular flexibility index (Phi) is 7.45. The molecule has 0 aromatic heterocycles. The Morgan fingerprint density at radius 1 is 1.24 bits per heavy atom. The minimum atomic E-state index is -0.986.